The molecule has 1 fully saturated rings. The largest absolute Gasteiger partial charge is 0.352 e. The summed E-state index contributed by atoms with van der Waals surface area (Å²) in [6.45, 7) is 6.92. The Bertz CT molecular complexity index is 1570. The zero-order valence-corrected chi connectivity index (χ0v) is 27.4. The summed E-state index contributed by atoms with van der Waals surface area (Å²) >= 11 is 12.4. The Morgan fingerprint density at radius 3 is 2.19 bits per heavy atom. The molecule has 0 aliphatic heterocycles. The van der Waals surface area contributed by atoms with E-state index < -0.39 is 28.5 Å². The number of hydrogen-bond acceptors (Lipinski definition) is 4. The van der Waals surface area contributed by atoms with E-state index >= 15 is 0 Å². The molecule has 1 atom stereocenters. The Kier molecular flexibility index (Phi) is 10.8. The quantitative estimate of drug-likeness (QED) is 0.258. The highest BCUT2D eigenvalue weighted by Gasteiger charge is 2.33. The van der Waals surface area contributed by atoms with Crippen LogP contribution >= 0.6 is 23.2 Å². The summed E-state index contributed by atoms with van der Waals surface area (Å²) in [7, 11) is -4.14. The van der Waals surface area contributed by atoms with Gasteiger partial charge in [-0.2, -0.15) is 0 Å². The number of amides is 2. The van der Waals surface area contributed by atoms with Gasteiger partial charge in [0.25, 0.3) is 10.0 Å². The number of hydrogen-bond donors (Lipinski definition) is 1. The van der Waals surface area contributed by atoms with Crippen molar-refractivity contribution in [3.63, 3.8) is 0 Å². The van der Waals surface area contributed by atoms with Crippen LogP contribution in [0.1, 0.15) is 61.3 Å². The molecule has 1 N–H and O–H groups in total. The molecule has 0 heterocycles. The molecular weight excluding hydrogens is 605 g/mol. The molecule has 3 aromatic rings. The Labute approximate surface area is 265 Å². The van der Waals surface area contributed by atoms with Gasteiger partial charge in [-0.05, 0) is 93.6 Å². The van der Waals surface area contributed by atoms with Crippen LogP contribution in [0, 0.1) is 20.8 Å². The van der Waals surface area contributed by atoms with Crippen LogP contribution < -0.4 is 9.62 Å². The van der Waals surface area contributed by atoms with E-state index in [-0.39, 0.29) is 23.4 Å². The van der Waals surface area contributed by atoms with E-state index in [2.05, 4.69) is 5.32 Å². The van der Waals surface area contributed by atoms with Crippen molar-refractivity contribution in [3.8, 4) is 0 Å². The summed E-state index contributed by atoms with van der Waals surface area (Å²) in [5.41, 5.74) is 3.84. The summed E-state index contributed by atoms with van der Waals surface area (Å²) in [5, 5.41) is 3.80. The number of carbonyl (C=O) groups excluding carboxylic acids is 2. The normalized spacial score (nSPS) is 14.7. The molecule has 0 saturated heterocycles. The lowest BCUT2D eigenvalue weighted by Gasteiger charge is -2.33. The second-order valence-electron chi connectivity index (χ2n) is 11.4. The summed E-state index contributed by atoms with van der Waals surface area (Å²) in [4.78, 5) is 29.1. The van der Waals surface area contributed by atoms with Crippen molar-refractivity contribution in [3.05, 3.63) is 93.0 Å². The first-order valence-electron chi connectivity index (χ1n) is 14.6. The lowest BCUT2D eigenvalue weighted by atomic mass is 9.95. The van der Waals surface area contributed by atoms with Gasteiger partial charge >= 0.3 is 0 Å². The number of nitrogens with zero attached hydrogens (tertiary/aromatic N) is 2. The average Bonchev–Trinajstić information content (AvgIpc) is 2.98. The van der Waals surface area contributed by atoms with Gasteiger partial charge in [0.2, 0.25) is 11.8 Å². The number of aryl methyl sites for hydroxylation is 3. The van der Waals surface area contributed by atoms with Gasteiger partial charge in [-0.1, -0.05) is 72.3 Å². The van der Waals surface area contributed by atoms with Crippen molar-refractivity contribution in [1.29, 1.82) is 0 Å². The molecule has 1 aliphatic rings. The van der Waals surface area contributed by atoms with Crippen molar-refractivity contribution >= 4 is 50.7 Å². The molecular formula is C33H39Cl2N3O4S. The first-order valence-corrected chi connectivity index (χ1v) is 16.8. The number of halogens is 2. The highest BCUT2D eigenvalue weighted by molar-refractivity contribution is 7.92. The lowest BCUT2D eigenvalue weighted by molar-refractivity contribution is -0.139. The molecule has 2 amide bonds. The number of carbonyl (C=O) groups is 2. The molecule has 43 heavy (non-hydrogen) atoms. The number of rotatable bonds is 10. The van der Waals surface area contributed by atoms with Crippen LogP contribution in [0.4, 0.5) is 5.69 Å². The van der Waals surface area contributed by atoms with Crippen molar-refractivity contribution < 1.29 is 18.0 Å². The summed E-state index contributed by atoms with van der Waals surface area (Å²) < 4.78 is 29.2. The number of sulfonamides is 1. The van der Waals surface area contributed by atoms with Crippen LogP contribution in [-0.4, -0.2) is 43.8 Å². The van der Waals surface area contributed by atoms with Gasteiger partial charge in [0.05, 0.1) is 20.6 Å². The minimum atomic E-state index is -4.14. The molecule has 0 bridgehead atoms. The molecule has 230 valence electrons. The fourth-order valence-electron chi connectivity index (χ4n) is 5.23. The maximum Gasteiger partial charge on any atom is 0.264 e. The van der Waals surface area contributed by atoms with Crippen molar-refractivity contribution in [1.82, 2.24) is 10.2 Å². The van der Waals surface area contributed by atoms with Crippen LogP contribution in [-0.2, 0) is 26.2 Å². The van der Waals surface area contributed by atoms with Crippen LogP contribution in [0.25, 0.3) is 0 Å². The maximum atomic E-state index is 14.2. The zero-order valence-electron chi connectivity index (χ0n) is 25.1. The summed E-state index contributed by atoms with van der Waals surface area (Å²) in [6, 6.07) is 16.0. The van der Waals surface area contributed by atoms with Gasteiger partial charge in [0, 0.05) is 12.6 Å². The smallest absolute Gasteiger partial charge is 0.264 e. The molecule has 3 aromatic carbocycles. The van der Waals surface area contributed by atoms with Crippen molar-refractivity contribution in [2.75, 3.05) is 10.8 Å². The first-order chi connectivity index (χ1) is 20.4. The second-order valence-corrected chi connectivity index (χ2v) is 14.1. The van der Waals surface area contributed by atoms with Gasteiger partial charge in [-0.25, -0.2) is 8.42 Å². The fraction of sp³-hybridized carbons (Fsp3) is 0.394. The molecule has 1 unspecified atom stereocenters. The van der Waals surface area contributed by atoms with E-state index in [4.69, 9.17) is 23.2 Å². The molecule has 4 rings (SSSR count). The van der Waals surface area contributed by atoms with E-state index in [0.29, 0.717) is 21.3 Å². The zero-order chi connectivity index (χ0) is 31.3. The first kappa shape index (κ1) is 32.8. The van der Waals surface area contributed by atoms with Gasteiger partial charge in [0.1, 0.15) is 12.6 Å². The number of nitrogens with one attached hydrogen (secondary N) is 1. The van der Waals surface area contributed by atoms with Gasteiger partial charge in [0.15, 0.2) is 0 Å². The molecule has 0 aromatic heterocycles. The molecule has 0 radical (unpaired) electrons. The standard InChI is InChI=1S/C33H39Cl2N3O4S/c1-22-10-15-29(16-11-22)43(41,42)38(28-14-12-23(2)24(3)18-28)21-32(39)37(20-26-13-17-30(34)31(35)19-26)25(4)33(40)36-27-8-6-5-7-9-27/h10-19,25,27H,5-9,20-21H2,1-4H3,(H,36,40). The SMILES string of the molecule is Cc1ccc(S(=O)(=O)N(CC(=O)N(Cc2ccc(Cl)c(Cl)c2)C(C)C(=O)NC2CCCCC2)c2ccc(C)c(C)c2)cc1. The van der Waals surface area contributed by atoms with Crippen LogP contribution in [0.3, 0.4) is 0 Å². The predicted octanol–water partition coefficient (Wildman–Crippen LogP) is 6.98. The third-order valence-electron chi connectivity index (χ3n) is 8.12. The van der Waals surface area contributed by atoms with E-state index in [1.165, 1.54) is 17.0 Å². The molecule has 10 heteroatoms. The fourth-order valence-corrected chi connectivity index (χ4v) is 6.96. The monoisotopic (exact) mass is 643 g/mol. The number of anilines is 1. The van der Waals surface area contributed by atoms with Crippen molar-refractivity contribution in [2.24, 2.45) is 0 Å². The van der Waals surface area contributed by atoms with Gasteiger partial charge in [-0.15, -0.1) is 0 Å². The van der Waals surface area contributed by atoms with E-state index in [9.17, 15) is 18.0 Å². The lowest BCUT2D eigenvalue weighted by Crippen LogP contribution is -2.53. The van der Waals surface area contributed by atoms with Crippen LogP contribution in [0.5, 0.6) is 0 Å². The summed E-state index contributed by atoms with van der Waals surface area (Å²) in [6.07, 6.45) is 5.04. The molecule has 1 saturated carbocycles. The summed E-state index contributed by atoms with van der Waals surface area (Å²) in [5.74, 6) is -0.800. The minimum Gasteiger partial charge on any atom is -0.352 e. The number of benzene rings is 3. The third kappa shape index (κ3) is 8.11. The molecule has 1 aliphatic carbocycles. The highest BCUT2D eigenvalue weighted by Crippen LogP contribution is 2.28. The molecule has 7 nitrogen and oxygen atoms in total. The highest BCUT2D eigenvalue weighted by atomic mass is 35.5. The Morgan fingerprint density at radius 1 is 0.884 bits per heavy atom. The third-order valence-corrected chi connectivity index (χ3v) is 10.6. The van der Waals surface area contributed by atoms with E-state index in [1.54, 1.807) is 49.4 Å². The van der Waals surface area contributed by atoms with Gasteiger partial charge in [-0.3, -0.25) is 13.9 Å². The van der Waals surface area contributed by atoms with E-state index in [1.807, 2.05) is 26.8 Å². The van der Waals surface area contributed by atoms with Crippen LogP contribution in [0.2, 0.25) is 10.0 Å². The van der Waals surface area contributed by atoms with Gasteiger partial charge < -0.3 is 10.2 Å². The van der Waals surface area contributed by atoms with E-state index in [0.717, 1.165) is 53.1 Å². The van der Waals surface area contributed by atoms with Crippen LogP contribution in [0.15, 0.2) is 65.6 Å². The second kappa shape index (κ2) is 14.1. The Hall–Kier alpha value is -3.07. The maximum absolute atomic E-state index is 14.2. The average molecular weight is 645 g/mol. The topological polar surface area (TPSA) is 86.8 Å². The predicted molar refractivity (Wildman–Crippen MR) is 173 cm³/mol. The Balaban J connectivity index is 1.71. The van der Waals surface area contributed by atoms with Crippen molar-refractivity contribution in [2.45, 2.75) is 83.3 Å². The molecule has 0 spiro atoms. The minimum absolute atomic E-state index is 0.0420. The Morgan fingerprint density at radius 2 is 1.56 bits per heavy atom.